The van der Waals surface area contributed by atoms with Gasteiger partial charge in [0.15, 0.2) is 0 Å². The number of aliphatic hydroxyl groups excluding tert-OH is 1. The summed E-state index contributed by atoms with van der Waals surface area (Å²) in [6.07, 6.45) is -6.53. The number of ether oxygens (including phenoxy) is 1. The fourth-order valence-corrected chi connectivity index (χ4v) is 4.75. The third-order valence-electron chi connectivity index (χ3n) is 4.20. The van der Waals surface area contributed by atoms with Gasteiger partial charge in [-0.1, -0.05) is 35.3 Å². The first-order valence-electron chi connectivity index (χ1n) is 9.63. The van der Waals surface area contributed by atoms with E-state index in [1.54, 1.807) is 20.8 Å². The van der Waals surface area contributed by atoms with Crippen LogP contribution in [0.25, 0.3) is 0 Å². The molecule has 0 aliphatic heterocycles. The summed E-state index contributed by atoms with van der Waals surface area (Å²) in [6, 6.07) is 6.02. The molecule has 0 aliphatic carbocycles. The number of rotatable bonds is 6. The summed E-state index contributed by atoms with van der Waals surface area (Å²) < 4.78 is 73.9. The van der Waals surface area contributed by atoms with E-state index < -0.39 is 54.6 Å². The van der Waals surface area contributed by atoms with Crippen LogP contribution in [0.4, 0.5) is 18.0 Å². The van der Waals surface area contributed by atoms with E-state index in [1.807, 2.05) is 0 Å². The molecule has 1 N–H and O–H groups in total. The Bertz CT molecular complexity index is 1130. The van der Waals surface area contributed by atoms with E-state index in [0.29, 0.717) is 17.7 Å². The number of hydrogen-bond donors (Lipinski definition) is 1. The minimum absolute atomic E-state index is 0.107. The quantitative estimate of drug-likeness (QED) is 0.471. The number of hydrogen-bond acceptors (Lipinski definition) is 6. The van der Waals surface area contributed by atoms with Gasteiger partial charge in [-0.15, -0.1) is 0 Å². The average Bonchev–Trinajstić information content (AvgIpc) is 2.65. The van der Waals surface area contributed by atoms with Crippen LogP contribution in [0.15, 0.2) is 41.3 Å². The molecular weight excluding hydrogens is 522 g/mol. The Kier molecular flexibility index (Phi) is 8.40. The van der Waals surface area contributed by atoms with Crippen LogP contribution in [0.3, 0.4) is 0 Å². The van der Waals surface area contributed by atoms with Crippen molar-refractivity contribution in [2.45, 2.75) is 43.5 Å². The number of carbonyl (C=O) groups is 1. The first-order valence-corrected chi connectivity index (χ1v) is 11.8. The SMILES string of the molecule is CN(CC(O)c1ccc(OS(=O)(=O)c2c(Cl)cc(C(F)(F)F)cc2Cl)cc1)C(=O)OC(C)(C)C. The Labute approximate surface area is 205 Å². The summed E-state index contributed by atoms with van der Waals surface area (Å²) >= 11 is 11.5. The van der Waals surface area contributed by atoms with Crippen LogP contribution in [0, 0.1) is 0 Å². The third-order valence-corrected chi connectivity index (χ3v) is 6.37. The monoisotopic (exact) mass is 543 g/mol. The molecule has 0 heterocycles. The van der Waals surface area contributed by atoms with Gasteiger partial charge in [-0.25, -0.2) is 4.79 Å². The van der Waals surface area contributed by atoms with E-state index in [4.69, 9.17) is 32.1 Å². The number of nitrogens with zero attached hydrogens (tertiary/aromatic N) is 1. The molecule has 0 radical (unpaired) electrons. The van der Waals surface area contributed by atoms with Crippen molar-refractivity contribution >= 4 is 39.4 Å². The first-order chi connectivity index (χ1) is 15.4. The van der Waals surface area contributed by atoms with E-state index in [2.05, 4.69) is 0 Å². The topological polar surface area (TPSA) is 93.1 Å². The molecule has 7 nitrogen and oxygen atoms in total. The van der Waals surface area contributed by atoms with Gasteiger partial charge in [-0.3, -0.25) is 0 Å². The summed E-state index contributed by atoms with van der Waals surface area (Å²) in [6.45, 7) is 5.00. The van der Waals surface area contributed by atoms with Crippen molar-refractivity contribution in [1.29, 1.82) is 0 Å². The maximum absolute atomic E-state index is 12.9. The minimum Gasteiger partial charge on any atom is -0.444 e. The summed E-state index contributed by atoms with van der Waals surface area (Å²) in [5, 5.41) is 8.86. The molecule has 34 heavy (non-hydrogen) atoms. The Morgan fingerprint density at radius 3 is 2.03 bits per heavy atom. The molecule has 0 fully saturated rings. The lowest BCUT2D eigenvalue weighted by Crippen LogP contribution is -2.36. The fourth-order valence-electron chi connectivity index (χ4n) is 2.66. The van der Waals surface area contributed by atoms with Crippen molar-refractivity contribution in [1.82, 2.24) is 4.90 Å². The summed E-state index contributed by atoms with van der Waals surface area (Å²) in [7, 11) is -3.24. The molecule has 1 amide bonds. The zero-order valence-electron chi connectivity index (χ0n) is 18.5. The molecule has 0 saturated heterocycles. The molecule has 1 unspecified atom stereocenters. The van der Waals surface area contributed by atoms with Crippen molar-refractivity contribution in [3.63, 3.8) is 0 Å². The lowest BCUT2D eigenvalue weighted by Gasteiger charge is -2.26. The van der Waals surface area contributed by atoms with Gasteiger partial charge < -0.3 is 18.9 Å². The number of halogens is 5. The van der Waals surface area contributed by atoms with Gasteiger partial charge in [-0.05, 0) is 50.6 Å². The molecule has 2 aromatic rings. The van der Waals surface area contributed by atoms with Crippen molar-refractivity contribution in [3.05, 3.63) is 57.6 Å². The predicted molar refractivity (Wildman–Crippen MR) is 120 cm³/mol. The number of carbonyl (C=O) groups excluding carboxylic acids is 1. The van der Waals surface area contributed by atoms with Crippen LogP contribution in [0.1, 0.15) is 38.0 Å². The van der Waals surface area contributed by atoms with Gasteiger partial charge in [0.1, 0.15) is 16.2 Å². The van der Waals surface area contributed by atoms with E-state index in [1.165, 1.54) is 36.2 Å². The Morgan fingerprint density at radius 2 is 1.59 bits per heavy atom. The number of amides is 1. The zero-order chi connectivity index (χ0) is 26.1. The van der Waals surface area contributed by atoms with E-state index in [-0.39, 0.29) is 12.3 Å². The minimum atomic E-state index is -4.77. The van der Waals surface area contributed by atoms with Gasteiger partial charge in [-0.2, -0.15) is 21.6 Å². The van der Waals surface area contributed by atoms with Gasteiger partial charge in [0.05, 0.1) is 28.3 Å². The maximum Gasteiger partial charge on any atom is 0.416 e. The summed E-state index contributed by atoms with van der Waals surface area (Å²) in [5.74, 6) is -0.205. The van der Waals surface area contributed by atoms with Crippen LogP contribution < -0.4 is 4.18 Å². The van der Waals surface area contributed by atoms with Crippen molar-refractivity contribution in [3.8, 4) is 5.75 Å². The largest absolute Gasteiger partial charge is 0.444 e. The van der Waals surface area contributed by atoms with Gasteiger partial charge in [0.2, 0.25) is 0 Å². The van der Waals surface area contributed by atoms with Crippen LogP contribution in [0.5, 0.6) is 5.75 Å². The predicted octanol–water partition coefficient (Wildman–Crippen LogP) is 5.68. The molecular formula is C21H22Cl2F3NO6S. The molecule has 0 aliphatic rings. The molecule has 0 saturated carbocycles. The smallest absolute Gasteiger partial charge is 0.416 e. The lowest BCUT2D eigenvalue weighted by molar-refractivity contribution is -0.137. The Hall–Kier alpha value is -2.21. The van der Waals surface area contributed by atoms with Crippen molar-refractivity contribution in [2.75, 3.05) is 13.6 Å². The van der Waals surface area contributed by atoms with Crippen LogP contribution in [-0.4, -0.2) is 43.7 Å². The maximum atomic E-state index is 12.9. The van der Waals surface area contributed by atoms with Crippen molar-refractivity contribution in [2.24, 2.45) is 0 Å². The molecule has 2 rings (SSSR count). The van der Waals surface area contributed by atoms with Crippen LogP contribution >= 0.6 is 23.2 Å². The highest BCUT2D eigenvalue weighted by Crippen LogP contribution is 2.38. The molecule has 0 bridgehead atoms. The second-order valence-electron chi connectivity index (χ2n) is 8.25. The highest BCUT2D eigenvalue weighted by molar-refractivity contribution is 7.87. The molecule has 0 aromatic heterocycles. The van der Waals surface area contributed by atoms with Crippen molar-refractivity contribution < 1.29 is 40.4 Å². The lowest BCUT2D eigenvalue weighted by atomic mass is 10.1. The summed E-state index contributed by atoms with van der Waals surface area (Å²) in [4.78, 5) is 12.4. The molecule has 2 aromatic carbocycles. The summed E-state index contributed by atoms with van der Waals surface area (Å²) in [5.41, 5.74) is -1.58. The molecule has 1 atom stereocenters. The van der Waals surface area contributed by atoms with Crippen LogP contribution in [-0.2, 0) is 21.0 Å². The highest BCUT2D eigenvalue weighted by atomic mass is 35.5. The zero-order valence-corrected chi connectivity index (χ0v) is 20.8. The third kappa shape index (κ3) is 7.39. The average molecular weight is 544 g/mol. The van der Waals surface area contributed by atoms with Crippen LogP contribution in [0.2, 0.25) is 10.0 Å². The normalized spacial score (nSPS) is 13.4. The molecule has 188 valence electrons. The molecule has 13 heteroatoms. The number of aliphatic hydroxyl groups is 1. The molecule has 0 spiro atoms. The fraction of sp³-hybridized carbons (Fsp3) is 0.381. The Balaban J connectivity index is 2.16. The number of alkyl halides is 3. The number of likely N-dealkylation sites (N-methyl/N-ethyl adjacent to an activating group) is 1. The highest BCUT2D eigenvalue weighted by Gasteiger charge is 2.34. The standard InChI is InChI=1S/C21H22Cl2F3NO6S/c1-20(2,3)32-19(29)27(4)11-17(28)12-5-7-14(8-6-12)33-34(30,31)18-15(22)9-13(10-16(18)23)21(24,25)26/h5-10,17,28H,11H2,1-4H3. The van der Waals surface area contributed by atoms with Gasteiger partial charge in [0.25, 0.3) is 0 Å². The first kappa shape index (κ1) is 28.0. The van der Waals surface area contributed by atoms with E-state index in [9.17, 15) is 31.5 Å². The second-order valence-corrected chi connectivity index (χ2v) is 10.5. The van der Waals surface area contributed by atoms with E-state index >= 15 is 0 Å². The second kappa shape index (κ2) is 10.2. The van der Waals surface area contributed by atoms with Gasteiger partial charge in [0, 0.05) is 7.05 Å². The van der Waals surface area contributed by atoms with Gasteiger partial charge >= 0.3 is 22.4 Å². The number of benzene rings is 2. The van der Waals surface area contributed by atoms with E-state index in [0.717, 1.165) is 0 Å². The Morgan fingerprint density at radius 1 is 1.09 bits per heavy atom.